The Hall–Kier alpha value is -1.20. The van der Waals surface area contributed by atoms with Gasteiger partial charge in [-0.2, -0.15) is 0 Å². The molecule has 1 atom stereocenters. The minimum absolute atomic E-state index is 0.155. The van der Waals surface area contributed by atoms with Crippen LogP contribution in [-0.2, 0) is 14.3 Å². The van der Waals surface area contributed by atoms with E-state index in [1.54, 1.807) is 11.8 Å². The molecule has 6 heteroatoms. The number of hydrogen-bond donors (Lipinski definition) is 1. The van der Waals surface area contributed by atoms with Crippen LogP contribution in [0.25, 0.3) is 0 Å². The first-order chi connectivity index (χ1) is 13.9. The molecule has 29 heavy (non-hydrogen) atoms. The van der Waals surface area contributed by atoms with Crippen LogP contribution in [0.5, 0.6) is 0 Å². The second-order valence-corrected chi connectivity index (χ2v) is 10.9. The largest absolute Gasteiger partial charge is 0.456 e. The van der Waals surface area contributed by atoms with E-state index in [0.717, 1.165) is 22.6 Å². The molecule has 0 aliphatic heterocycles. The van der Waals surface area contributed by atoms with E-state index in [2.05, 4.69) is 12.2 Å². The van der Waals surface area contributed by atoms with Crippen molar-refractivity contribution in [2.45, 2.75) is 62.8 Å². The molecule has 4 saturated carbocycles. The number of thioether (sulfide) groups is 1. The van der Waals surface area contributed by atoms with Crippen molar-refractivity contribution < 1.29 is 14.3 Å². The topological polar surface area (TPSA) is 55.4 Å². The van der Waals surface area contributed by atoms with Crippen molar-refractivity contribution in [1.82, 2.24) is 5.32 Å². The maximum absolute atomic E-state index is 12.4. The lowest BCUT2D eigenvalue weighted by atomic mass is 9.48. The van der Waals surface area contributed by atoms with Gasteiger partial charge in [-0.05, 0) is 92.9 Å². The Morgan fingerprint density at radius 3 is 2.31 bits per heavy atom. The molecule has 0 spiro atoms. The van der Waals surface area contributed by atoms with Gasteiger partial charge >= 0.3 is 5.97 Å². The van der Waals surface area contributed by atoms with Crippen molar-refractivity contribution in [1.29, 1.82) is 0 Å². The quantitative estimate of drug-likeness (QED) is 0.456. The van der Waals surface area contributed by atoms with Crippen molar-refractivity contribution in [2.75, 3.05) is 12.4 Å². The highest BCUT2D eigenvalue weighted by molar-refractivity contribution is 7.99. The molecule has 4 fully saturated rings. The lowest BCUT2D eigenvalue weighted by molar-refractivity contribution is -0.149. The SMILES string of the molecule is C[C@@H](NC(=O)COC(=O)CCSc1ccc(Cl)cc1)C12CC3CC(CC(C3)C1)C2. The predicted molar refractivity (Wildman–Crippen MR) is 116 cm³/mol. The summed E-state index contributed by atoms with van der Waals surface area (Å²) in [6, 6.07) is 7.67. The number of esters is 1. The molecule has 0 radical (unpaired) electrons. The van der Waals surface area contributed by atoms with Crippen LogP contribution in [0.2, 0.25) is 5.02 Å². The van der Waals surface area contributed by atoms with Gasteiger partial charge in [0.25, 0.3) is 5.91 Å². The molecular formula is C23H30ClNO3S. The van der Waals surface area contributed by atoms with E-state index < -0.39 is 0 Å². The Labute approximate surface area is 182 Å². The van der Waals surface area contributed by atoms with Gasteiger partial charge in [-0.1, -0.05) is 11.6 Å². The van der Waals surface area contributed by atoms with Gasteiger partial charge in [-0.25, -0.2) is 0 Å². The molecule has 1 aromatic rings. The van der Waals surface area contributed by atoms with Gasteiger partial charge in [0, 0.05) is 21.7 Å². The molecule has 1 amide bonds. The first kappa shape index (κ1) is 21.0. The minimum Gasteiger partial charge on any atom is -0.456 e. The molecule has 0 saturated heterocycles. The molecule has 0 unspecified atom stereocenters. The Bertz CT molecular complexity index is 716. The summed E-state index contributed by atoms with van der Waals surface area (Å²) in [7, 11) is 0. The standard InChI is InChI=1S/C23H30ClNO3S/c1-15(23-11-16-8-17(12-23)10-18(9-16)13-23)25-21(26)14-28-22(27)6-7-29-20-4-2-19(24)3-5-20/h2-5,15-18H,6-14H2,1H3,(H,25,26)/t15-,16?,17?,18?,23?/m1/s1. The van der Waals surface area contributed by atoms with Crippen LogP contribution in [0.4, 0.5) is 0 Å². The molecule has 4 nitrogen and oxygen atoms in total. The van der Waals surface area contributed by atoms with Crippen LogP contribution < -0.4 is 5.32 Å². The minimum atomic E-state index is -0.330. The van der Waals surface area contributed by atoms with Crippen molar-refractivity contribution in [2.24, 2.45) is 23.2 Å². The third-order valence-corrected chi connectivity index (χ3v) is 8.40. The van der Waals surface area contributed by atoms with Crippen molar-refractivity contribution in [3.63, 3.8) is 0 Å². The van der Waals surface area contributed by atoms with Crippen LogP contribution in [0.15, 0.2) is 29.2 Å². The van der Waals surface area contributed by atoms with Gasteiger partial charge < -0.3 is 10.1 Å². The third kappa shape index (κ3) is 5.11. The number of carbonyl (C=O) groups excluding carboxylic acids is 2. The maximum Gasteiger partial charge on any atom is 0.307 e. The highest BCUT2D eigenvalue weighted by Crippen LogP contribution is 2.61. The number of carbonyl (C=O) groups is 2. The number of hydrogen-bond acceptors (Lipinski definition) is 4. The van der Waals surface area contributed by atoms with Gasteiger partial charge in [0.15, 0.2) is 6.61 Å². The van der Waals surface area contributed by atoms with Gasteiger partial charge in [0.05, 0.1) is 6.42 Å². The summed E-state index contributed by atoms with van der Waals surface area (Å²) in [6.07, 6.45) is 8.22. The molecule has 4 bridgehead atoms. The average molecular weight is 436 g/mol. The number of rotatable bonds is 8. The Kier molecular flexibility index (Phi) is 6.45. The van der Waals surface area contributed by atoms with Gasteiger partial charge in [-0.15, -0.1) is 11.8 Å². The lowest BCUT2D eigenvalue weighted by Gasteiger charge is -2.59. The second kappa shape index (κ2) is 8.89. The summed E-state index contributed by atoms with van der Waals surface area (Å²) in [5, 5.41) is 3.84. The van der Waals surface area contributed by atoms with Gasteiger partial charge in [-0.3, -0.25) is 9.59 Å². The van der Waals surface area contributed by atoms with Crippen molar-refractivity contribution in [3.8, 4) is 0 Å². The maximum atomic E-state index is 12.4. The molecule has 4 aliphatic carbocycles. The summed E-state index contributed by atoms with van der Waals surface area (Å²) in [5.74, 6) is 2.69. The van der Waals surface area contributed by atoms with Crippen molar-refractivity contribution >= 4 is 35.2 Å². The average Bonchev–Trinajstić information content (AvgIpc) is 2.67. The number of benzene rings is 1. The van der Waals surface area contributed by atoms with E-state index in [1.807, 2.05) is 24.3 Å². The lowest BCUT2D eigenvalue weighted by Crippen LogP contribution is -2.56. The first-order valence-corrected chi connectivity index (χ1v) is 12.1. The van der Waals surface area contributed by atoms with E-state index in [9.17, 15) is 9.59 Å². The number of ether oxygens (including phenoxy) is 1. The van der Waals surface area contributed by atoms with Crippen molar-refractivity contribution in [3.05, 3.63) is 29.3 Å². The summed E-state index contributed by atoms with van der Waals surface area (Å²) < 4.78 is 5.20. The highest BCUT2D eigenvalue weighted by Gasteiger charge is 2.53. The molecule has 0 heterocycles. The zero-order valence-electron chi connectivity index (χ0n) is 17.0. The Balaban J connectivity index is 1.17. The van der Waals surface area contributed by atoms with Gasteiger partial charge in [0.1, 0.15) is 0 Å². The summed E-state index contributed by atoms with van der Waals surface area (Å²) in [5.41, 5.74) is 0.267. The molecule has 1 N–H and O–H groups in total. The first-order valence-electron chi connectivity index (χ1n) is 10.8. The molecule has 0 aromatic heterocycles. The van der Waals surface area contributed by atoms with E-state index in [4.69, 9.17) is 16.3 Å². The number of amides is 1. The summed E-state index contributed by atoms with van der Waals surface area (Å²) >= 11 is 7.44. The molecular weight excluding hydrogens is 406 g/mol. The smallest absolute Gasteiger partial charge is 0.307 e. The number of nitrogens with one attached hydrogen (secondary N) is 1. The second-order valence-electron chi connectivity index (χ2n) is 9.28. The third-order valence-electron chi connectivity index (χ3n) is 7.13. The van der Waals surface area contributed by atoms with Gasteiger partial charge in [0.2, 0.25) is 0 Å². The Morgan fingerprint density at radius 1 is 1.14 bits per heavy atom. The molecule has 4 aliphatic rings. The highest BCUT2D eigenvalue weighted by atomic mass is 35.5. The molecule has 158 valence electrons. The fourth-order valence-electron chi connectivity index (χ4n) is 6.15. The zero-order chi connectivity index (χ0) is 20.4. The van der Waals surface area contributed by atoms with Crippen LogP contribution in [0.3, 0.4) is 0 Å². The van der Waals surface area contributed by atoms with Crippen LogP contribution in [0.1, 0.15) is 51.9 Å². The fraction of sp³-hybridized carbons (Fsp3) is 0.652. The molecule has 5 rings (SSSR count). The fourth-order valence-corrected chi connectivity index (χ4v) is 7.10. The van der Waals surface area contributed by atoms with E-state index >= 15 is 0 Å². The van der Waals surface area contributed by atoms with Crippen LogP contribution in [0, 0.1) is 23.2 Å². The molecule has 1 aromatic carbocycles. The van der Waals surface area contributed by atoms with E-state index in [1.165, 1.54) is 38.5 Å². The predicted octanol–water partition coefficient (Wildman–Crippen LogP) is 5.09. The number of halogens is 1. The summed E-state index contributed by atoms with van der Waals surface area (Å²) in [6.45, 7) is 1.97. The summed E-state index contributed by atoms with van der Waals surface area (Å²) in [4.78, 5) is 25.4. The van der Waals surface area contributed by atoms with Crippen LogP contribution in [-0.4, -0.2) is 30.3 Å². The van der Waals surface area contributed by atoms with E-state index in [0.29, 0.717) is 10.8 Å². The monoisotopic (exact) mass is 435 g/mol. The normalized spacial score (nSPS) is 30.8. The Morgan fingerprint density at radius 2 is 1.72 bits per heavy atom. The van der Waals surface area contributed by atoms with Crippen LogP contribution >= 0.6 is 23.4 Å². The van der Waals surface area contributed by atoms with E-state index in [-0.39, 0.29) is 36.4 Å². The zero-order valence-corrected chi connectivity index (χ0v) is 18.6.